The fourth-order valence-electron chi connectivity index (χ4n) is 1.34. The number of carbonyl (C=O) groups is 1. The van der Waals surface area contributed by atoms with E-state index in [4.69, 9.17) is 5.26 Å². The molecule has 6 nitrogen and oxygen atoms in total. The molecule has 0 saturated heterocycles. The van der Waals surface area contributed by atoms with Crippen LogP contribution in [0.15, 0.2) is 30.7 Å². The number of pyridine rings is 1. The molecule has 6 heteroatoms. The van der Waals surface area contributed by atoms with Crippen LogP contribution in [0, 0.1) is 11.3 Å². The van der Waals surface area contributed by atoms with Crippen molar-refractivity contribution in [2.75, 3.05) is 5.32 Å². The lowest BCUT2D eigenvalue weighted by molar-refractivity contribution is 0.102. The van der Waals surface area contributed by atoms with Gasteiger partial charge in [0.1, 0.15) is 17.5 Å². The number of rotatable bonds is 2. The van der Waals surface area contributed by atoms with E-state index < -0.39 is 0 Å². The number of hydrogen-bond acceptors (Lipinski definition) is 4. The van der Waals surface area contributed by atoms with Gasteiger partial charge in [-0.25, -0.2) is 0 Å². The first kappa shape index (κ1) is 10.8. The summed E-state index contributed by atoms with van der Waals surface area (Å²) < 4.78 is 1.44. The van der Waals surface area contributed by atoms with Crippen LogP contribution in [0.4, 0.5) is 5.82 Å². The summed E-state index contributed by atoms with van der Waals surface area (Å²) >= 11 is 0. The lowest BCUT2D eigenvalue weighted by atomic mass is 10.2. The summed E-state index contributed by atoms with van der Waals surface area (Å²) in [5.74, 6) is 0.0551. The van der Waals surface area contributed by atoms with E-state index >= 15 is 0 Å². The van der Waals surface area contributed by atoms with E-state index in [1.807, 2.05) is 6.07 Å². The van der Waals surface area contributed by atoms with Crippen molar-refractivity contribution in [2.45, 2.75) is 0 Å². The highest BCUT2D eigenvalue weighted by molar-refractivity contribution is 6.04. The zero-order valence-electron chi connectivity index (χ0n) is 9.08. The van der Waals surface area contributed by atoms with E-state index in [1.54, 1.807) is 25.4 Å². The molecule has 17 heavy (non-hydrogen) atoms. The number of aryl methyl sites for hydroxylation is 1. The number of aromatic nitrogens is 3. The van der Waals surface area contributed by atoms with Crippen LogP contribution in [0.3, 0.4) is 0 Å². The molecular weight excluding hydrogens is 218 g/mol. The topological polar surface area (TPSA) is 83.6 Å². The highest BCUT2D eigenvalue weighted by atomic mass is 16.1. The van der Waals surface area contributed by atoms with Crippen molar-refractivity contribution in [1.29, 1.82) is 5.26 Å². The van der Waals surface area contributed by atoms with Gasteiger partial charge in [0.25, 0.3) is 5.91 Å². The molecule has 0 aliphatic carbocycles. The summed E-state index contributed by atoms with van der Waals surface area (Å²) in [5, 5.41) is 15.4. The van der Waals surface area contributed by atoms with Gasteiger partial charge in [0.2, 0.25) is 0 Å². The Bertz CT molecular complexity index is 582. The molecule has 0 aromatic carbocycles. The van der Waals surface area contributed by atoms with Gasteiger partial charge >= 0.3 is 0 Å². The maximum Gasteiger partial charge on any atom is 0.258 e. The van der Waals surface area contributed by atoms with Crippen molar-refractivity contribution in [1.82, 2.24) is 14.8 Å². The molecule has 1 amide bonds. The monoisotopic (exact) mass is 227 g/mol. The van der Waals surface area contributed by atoms with Gasteiger partial charge in [-0.1, -0.05) is 0 Å². The zero-order chi connectivity index (χ0) is 12.3. The minimum absolute atomic E-state index is 0.321. The van der Waals surface area contributed by atoms with Gasteiger partial charge in [-0.15, -0.1) is 0 Å². The van der Waals surface area contributed by atoms with E-state index in [2.05, 4.69) is 15.4 Å². The molecule has 0 aliphatic rings. The molecule has 0 atom stereocenters. The number of carbonyl (C=O) groups excluding carboxylic acids is 1. The van der Waals surface area contributed by atoms with E-state index in [0.29, 0.717) is 16.9 Å². The minimum atomic E-state index is -0.321. The molecule has 2 aromatic rings. The van der Waals surface area contributed by atoms with Crippen molar-refractivity contribution in [2.24, 2.45) is 7.05 Å². The van der Waals surface area contributed by atoms with Crippen molar-refractivity contribution in [3.63, 3.8) is 0 Å². The Labute approximate surface area is 97.5 Å². The Hall–Kier alpha value is -2.68. The number of nitrogens with zero attached hydrogens (tertiary/aromatic N) is 4. The van der Waals surface area contributed by atoms with Crippen LogP contribution in [0.1, 0.15) is 15.9 Å². The molecule has 84 valence electrons. The second kappa shape index (κ2) is 4.45. The number of nitriles is 1. The molecule has 0 radical (unpaired) electrons. The average molecular weight is 227 g/mol. The fraction of sp³-hybridized carbons (Fsp3) is 0.0909. The predicted octanol–water partition coefficient (Wildman–Crippen LogP) is 0.939. The maximum atomic E-state index is 11.8. The molecule has 1 N–H and O–H groups in total. The van der Waals surface area contributed by atoms with Gasteiger partial charge in [0.05, 0.1) is 11.8 Å². The Morgan fingerprint density at radius 2 is 2.35 bits per heavy atom. The standard InChI is InChI=1S/C11H9N5O/c1-16-10(9(5-12)7-14-16)15-11(17)8-3-2-4-13-6-8/h2-4,6-7H,1H3,(H,15,17). The van der Waals surface area contributed by atoms with Gasteiger partial charge in [0, 0.05) is 19.4 Å². The van der Waals surface area contributed by atoms with Crippen LogP contribution in [0.2, 0.25) is 0 Å². The lowest BCUT2D eigenvalue weighted by Crippen LogP contribution is -2.15. The third kappa shape index (κ3) is 2.13. The zero-order valence-corrected chi connectivity index (χ0v) is 9.08. The predicted molar refractivity (Wildman–Crippen MR) is 60.1 cm³/mol. The van der Waals surface area contributed by atoms with Crippen molar-refractivity contribution >= 4 is 11.7 Å². The molecule has 0 spiro atoms. The maximum absolute atomic E-state index is 11.8. The summed E-state index contributed by atoms with van der Waals surface area (Å²) in [6.45, 7) is 0. The highest BCUT2D eigenvalue weighted by Crippen LogP contribution is 2.13. The molecular formula is C11H9N5O. The summed E-state index contributed by atoms with van der Waals surface area (Å²) in [6.07, 6.45) is 4.44. The first-order chi connectivity index (χ1) is 8.22. The number of anilines is 1. The van der Waals surface area contributed by atoms with E-state index in [1.165, 1.54) is 17.1 Å². The molecule has 2 aromatic heterocycles. The van der Waals surface area contributed by atoms with Gasteiger partial charge in [0.15, 0.2) is 0 Å². The quantitative estimate of drug-likeness (QED) is 0.827. The SMILES string of the molecule is Cn1ncc(C#N)c1NC(=O)c1cccnc1. The fourth-order valence-corrected chi connectivity index (χ4v) is 1.34. The van der Waals surface area contributed by atoms with Crippen LogP contribution in [0.5, 0.6) is 0 Å². The molecule has 2 heterocycles. The van der Waals surface area contributed by atoms with Gasteiger partial charge in [-0.3, -0.25) is 14.5 Å². The van der Waals surface area contributed by atoms with Crippen LogP contribution < -0.4 is 5.32 Å². The third-order valence-corrected chi connectivity index (χ3v) is 2.21. The number of nitrogens with one attached hydrogen (secondary N) is 1. The Balaban J connectivity index is 2.25. The summed E-state index contributed by atoms with van der Waals surface area (Å²) in [5.41, 5.74) is 0.752. The molecule has 0 saturated carbocycles. The number of hydrogen-bond donors (Lipinski definition) is 1. The molecule has 2 rings (SSSR count). The Morgan fingerprint density at radius 3 is 3.00 bits per heavy atom. The van der Waals surface area contributed by atoms with Crippen LogP contribution in [0.25, 0.3) is 0 Å². The summed E-state index contributed by atoms with van der Waals surface area (Å²) in [7, 11) is 1.65. The van der Waals surface area contributed by atoms with Crippen LogP contribution in [-0.4, -0.2) is 20.7 Å². The Kier molecular flexibility index (Phi) is 2.83. The molecule has 0 aliphatic heterocycles. The average Bonchev–Trinajstić information content (AvgIpc) is 2.71. The van der Waals surface area contributed by atoms with E-state index in [0.717, 1.165) is 0 Å². The van der Waals surface area contributed by atoms with Crippen molar-refractivity contribution in [3.05, 3.63) is 41.9 Å². The number of amides is 1. The molecule has 0 fully saturated rings. The first-order valence-corrected chi connectivity index (χ1v) is 4.86. The first-order valence-electron chi connectivity index (χ1n) is 4.86. The van der Waals surface area contributed by atoms with E-state index in [-0.39, 0.29) is 5.91 Å². The largest absolute Gasteiger partial charge is 0.306 e. The molecule has 0 bridgehead atoms. The van der Waals surface area contributed by atoms with Gasteiger partial charge in [-0.2, -0.15) is 10.4 Å². The highest BCUT2D eigenvalue weighted by Gasteiger charge is 2.12. The van der Waals surface area contributed by atoms with Crippen molar-refractivity contribution in [3.8, 4) is 6.07 Å². The lowest BCUT2D eigenvalue weighted by Gasteiger charge is -2.05. The third-order valence-electron chi connectivity index (χ3n) is 2.21. The Morgan fingerprint density at radius 1 is 1.53 bits per heavy atom. The molecule has 0 unspecified atom stereocenters. The van der Waals surface area contributed by atoms with E-state index in [9.17, 15) is 4.79 Å². The normalized spacial score (nSPS) is 9.65. The van der Waals surface area contributed by atoms with Crippen LogP contribution >= 0.6 is 0 Å². The van der Waals surface area contributed by atoms with Crippen LogP contribution in [-0.2, 0) is 7.05 Å². The summed E-state index contributed by atoms with van der Waals surface area (Å²) in [6, 6.07) is 5.27. The second-order valence-corrected chi connectivity index (χ2v) is 3.34. The van der Waals surface area contributed by atoms with Crippen molar-refractivity contribution < 1.29 is 4.79 Å². The smallest absolute Gasteiger partial charge is 0.258 e. The second-order valence-electron chi connectivity index (χ2n) is 3.34. The summed E-state index contributed by atoms with van der Waals surface area (Å²) in [4.78, 5) is 15.7. The minimum Gasteiger partial charge on any atom is -0.306 e. The van der Waals surface area contributed by atoms with Gasteiger partial charge in [-0.05, 0) is 12.1 Å². The van der Waals surface area contributed by atoms with Gasteiger partial charge < -0.3 is 5.32 Å².